The lowest BCUT2D eigenvalue weighted by Crippen LogP contribution is -2.02. The summed E-state index contributed by atoms with van der Waals surface area (Å²) in [5.74, 6) is 0. The number of benzene rings is 20. The fraction of sp³-hybridized carbons (Fsp3) is 0. The van der Waals surface area contributed by atoms with Crippen molar-refractivity contribution < 1.29 is 0 Å². The number of hydrogen-bond donors (Lipinski definition) is 0. The Kier molecular flexibility index (Phi) is 12.4. The highest BCUT2D eigenvalue weighted by atomic mass is 15.0. The molecular weight excluding hydrogens is 1530 g/mol. The maximum atomic E-state index is 2.51. The van der Waals surface area contributed by atoms with Gasteiger partial charge >= 0.3 is 0 Å². The molecule has 0 aliphatic carbocycles. The fourth-order valence-corrected chi connectivity index (χ4v) is 23.9. The van der Waals surface area contributed by atoms with Crippen molar-refractivity contribution in [1.29, 1.82) is 0 Å². The van der Waals surface area contributed by atoms with Gasteiger partial charge in [-0.2, -0.15) is 0 Å². The van der Waals surface area contributed by atoms with Crippen LogP contribution in [0.1, 0.15) is 0 Å². The van der Waals surface area contributed by atoms with E-state index in [9.17, 15) is 0 Å². The van der Waals surface area contributed by atoms with Crippen LogP contribution in [0.25, 0.3) is 292 Å². The van der Waals surface area contributed by atoms with Crippen LogP contribution in [0.5, 0.6) is 0 Å². The van der Waals surface area contributed by atoms with E-state index in [0.29, 0.717) is 0 Å². The SMILES string of the molecule is c1ccc2cc3c(ccc4c3c3cccn3c3c5c6ccc7cc8ccccc8cc7c6c6cccn6c5c5c6ccc7cc8ccccc8cc7c6c6cccn6c5c43)cc2c1.c1ccc2cc3cc4c(cc3cc2c1)c1c2c(c3cc5cc6ccccc6cc5cc3c3cccn32)c2c(c3cc5cc6ccccc6cc5cc3c3cccn32)c1n1cccc41. The van der Waals surface area contributed by atoms with Crippen molar-refractivity contribution in [2.45, 2.75) is 0 Å². The van der Waals surface area contributed by atoms with E-state index in [1.54, 1.807) is 0 Å². The zero-order valence-electron chi connectivity index (χ0n) is 67.8. The Labute approximate surface area is 715 Å². The van der Waals surface area contributed by atoms with E-state index in [1.165, 1.54) is 292 Å². The molecule has 12 heterocycles. The molecule has 0 saturated carbocycles. The van der Waals surface area contributed by atoms with Crippen molar-refractivity contribution in [3.63, 3.8) is 0 Å². The molecular formula is C120H66N6. The summed E-state index contributed by atoms with van der Waals surface area (Å²) in [6.45, 7) is 0. The lowest BCUT2D eigenvalue weighted by molar-refractivity contribution is 1.26. The first kappa shape index (κ1) is 66.0. The van der Waals surface area contributed by atoms with Crippen molar-refractivity contribution in [1.82, 2.24) is 26.4 Å². The largest absolute Gasteiger partial charge is 0.315 e. The van der Waals surface area contributed by atoms with E-state index in [4.69, 9.17) is 0 Å². The van der Waals surface area contributed by atoms with Crippen molar-refractivity contribution in [3.05, 3.63) is 401 Å². The molecule has 6 nitrogen and oxygen atoms in total. The first-order chi connectivity index (χ1) is 62.4. The molecule has 0 aliphatic heterocycles. The summed E-state index contributed by atoms with van der Waals surface area (Å²) in [7, 11) is 0. The Balaban J connectivity index is 0.000000121. The van der Waals surface area contributed by atoms with Gasteiger partial charge in [-0.3, -0.25) is 0 Å². The van der Waals surface area contributed by atoms with Crippen LogP contribution in [0.3, 0.4) is 0 Å². The monoisotopic (exact) mass is 1590 g/mol. The van der Waals surface area contributed by atoms with Crippen LogP contribution < -0.4 is 0 Å². The minimum atomic E-state index is 1.21. The van der Waals surface area contributed by atoms with Crippen molar-refractivity contribution >= 4 is 292 Å². The molecule has 12 aromatic heterocycles. The van der Waals surface area contributed by atoms with E-state index in [-0.39, 0.29) is 0 Å². The van der Waals surface area contributed by atoms with Crippen LogP contribution in [-0.4, -0.2) is 26.4 Å². The predicted octanol–water partition coefficient (Wildman–Crippen LogP) is 32.6. The first-order valence-corrected chi connectivity index (χ1v) is 43.8. The van der Waals surface area contributed by atoms with Crippen LogP contribution in [0.15, 0.2) is 401 Å². The van der Waals surface area contributed by atoms with Crippen LogP contribution in [0.2, 0.25) is 0 Å². The fourth-order valence-electron chi connectivity index (χ4n) is 23.9. The Morgan fingerprint density at radius 2 is 0.278 bits per heavy atom. The Morgan fingerprint density at radius 1 is 0.103 bits per heavy atom. The average molecular weight is 1590 g/mol. The average Bonchev–Trinajstić information content (AvgIpc) is 1.27. The molecule has 0 amide bonds. The van der Waals surface area contributed by atoms with E-state index in [2.05, 4.69) is 428 Å². The minimum absolute atomic E-state index is 1.21. The van der Waals surface area contributed by atoms with Crippen molar-refractivity contribution in [2.75, 3.05) is 0 Å². The second kappa shape index (κ2) is 23.7. The van der Waals surface area contributed by atoms with Gasteiger partial charge in [0.2, 0.25) is 0 Å². The molecule has 0 saturated heterocycles. The van der Waals surface area contributed by atoms with Gasteiger partial charge in [-0.1, -0.05) is 182 Å². The first-order valence-electron chi connectivity index (χ1n) is 43.8. The molecule has 0 radical (unpaired) electrons. The van der Waals surface area contributed by atoms with Gasteiger partial charge in [-0.15, -0.1) is 0 Å². The molecule has 6 heteroatoms. The lowest BCUT2D eigenvalue weighted by atomic mass is 9.89. The van der Waals surface area contributed by atoms with Gasteiger partial charge in [0.15, 0.2) is 0 Å². The number of hydrogen-bond acceptors (Lipinski definition) is 0. The van der Waals surface area contributed by atoms with Gasteiger partial charge in [-0.25, -0.2) is 0 Å². The van der Waals surface area contributed by atoms with Crippen molar-refractivity contribution in [3.8, 4) is 0 Å². The zero-order valence-corrected chi connectivity index (χ0v) is 67.8. The highest BCUT2D eigenvalue weighted by Crippen LogP contribution is 2.54. The number of pyridine rings is 6. The van der Waals surface area contributed by atoms with Gasteiger partial charge in [0, 0.05) is 102 Å². The molecule has 0 aliphatic rings. The maximum Gasteiger partial charge on any atom is 0.0655 e. The second-order valence-corrected chi connectivity index (χ2v) is 35.5. The summed E-state index contributed by atoms with van der Waals surface area (Å²) < 4.78 is 15.0. The Bertz CT molecular complexity index is 9660. The molecule has 126 heavy (non-hydrogen) atoms. The zero-order chi connectivity index (χ0) is 81.3. The summed E-state index contributed by atoms with van der Waals surface area (Å²) in [5, 5.41) is 52.9. The quantitative estimate of drug-likeness (QED) is 0.107. The smallest absolute Gasteiger partial charge is 0.0655 e. The molecule has 20 aromatic carbocycles. The van der Waals surface area contributed by atoms with Crippen LogP contribution in [-0.2, 0) is 0 Å². The van der Waals surface area contributed by atoms with E-state index in [1.807, 2.05) is 0 Å². The normalized spacial score (nSPS) is 12.8. The van der Waals surface area contributed by atoms with Crippen molar-refractivity contribution in [2.24, 2.45) is 0 Å². The van der Waals surface area contributed by atoms with E-state index in [0.717, 1.165) is 0 Å². The third kappa shape index (κ3) is 8.54. The van der Waals surface area contributed by atoms with E-state index >= 15 is 0 Å². The number of fused-ring (bicyclic) bond motifs is 57. The molecule has 0 N–H and O–H groups in total. The highest BCUT2D eigenvalue weighted by molar-refractivity contribution is 6.45. The van der Waals surface area contributed by atoms with Crippen LogP contribution in [0.4, 0.5) is 0 Å². The topological polar surface area (TPSA) is 26.5 Å². The summed E-state index contributed by atoms with van der Waals surface area (Å²) >= 11 is 0. The van der Waals surface area contributed by atoms with Gasteiger partial charge in [0.1, 0.15) is 0 Å². The predicted molar refractivity (Wildman–Crippen MR) is 539 cm³/mol. The van der Waals surface area contributed by atoms with Crippen LogP contribution in [0, 0.1) is 0 Å². The number of aromatic nitrogens is 6. The third-order valence-corrected chi connectivity index (χ3v) is 29.2. The summed E-state index contributed by atoms with van der Waals surface area (Å²) in [4.78, 5) is 0. The minimum Gasteiger partial charge on any atom is -0.315 e. The molecule has 32 rings (SSSR count). The van der Waals surface area contributed by atoms with Gasteiger partial charge in [0.25, 0.3) is 0 Å². The molecule has 576 valence electrons. The number of rotatable bonds is 0. The van der Waals surface area contributed by atoms with Crippen LogP contribution >= 0.6 is 0 Å². The van der Waals surface area contributed by atoms with Gasteiger partial charge in [-0.05, 0) is 344 Å². The molecule has 32 aromatic rings. The molecule has 0 bridgehead atoms. The highest BCUT2D eigenvalue weighted by Gasteiger charge is 2.30. The molecule has 0 spiro atoms. The standard InChI is InChI=1S/2C60H33N3/c1-4-13-37-31-46-40(28-34(37)10-1)19-22-43-52(46)49-16-7-25-61(49)58-55(43)59-57(45-24-21-42-30-36-12-3-6-15-39(36)33-48(42)54(45)50-17-8-26-62(50)59)60-56(58)44-23-20-41-29-35-11-2-5-14-38(35)32-47(41)53(44)51-18-9-27-63(51)60;1-4-13-37-25-43-31-49-46(28-40(43)22-34(37)10-1)52-16-7-19-61(52)58-55(49)59-57(51-33-45-27-39-15-6-3-12-36(39)24-42(45)30-48(51)53-17-8-20-62(53)59)60-56(58)50-32-44-26-38-14-5-2-11-35(38)23-41(44)29-47(50)54-18-9-21-63(54)60/h2*1-33H. The second-order valence-electron chi connectivity index (χ2n) is 35.5. The molecule has 0 fully saturated rings. The van der Waals surface area contributed by atoms with Gasteiger partial charge in [0.05, 0.1) is 66.2 Å². The summed E-state index contributed by atoms with van der Waals surface area (Å²) in [5.41, 5.74) is 14.7. The van der Waals surface area contributed by atoms with Gasteiger partial charge < -0.3 is 26.4 Å². The number of nitrogens with zero attached hydrogens (tertiary/aromatic N) is 6. The Hall–Kier alpha value is -16.8. The molecule has 0 unspecified atom stereocenters. The van der Waals surface area contributed by atoms with E-state index < -0.39 is 0 Å². The third-order valence-electron chi connectivity index (χ3n) is 29.2. The Morgan fingerprint density at radius 3 is 0.508 bits per heavy atom. The summed E-state index contributed by atoms with van der Waals surface area (Å²) in [6, 6.07) is 138. The maximum absolute atomic E-state index is 2.51. The molecule has 0 atom stereocenters. The lowest BCUT2D eigenvalue weighted by Gasteiger charge is -2.22. The summed E-state index contributed by atoms with van der Waals surface area (Å²) in [6.07, 6.45) is 13.8.